The average molecular weight is 399 g/mol. The van der Waals surface area contributed by atoms with E-state index in [1.54, 1.807) is 14.2 Å². The molecular weight excluding hydrogens is 381 g/mol. The molecule has 0 saturated heterocycles. The molecule has 1 aromatic heterocycles. The van der Waals surface area contributed by atoms with E-state index in [9.17, 15) is 0 Å². The summed E-state index contributed by atoms with van der Waals surface area (Å²) in [6.45, 7) is 3.01. The van der Waals surface area contributed by atoms with Crippen molar-refractivity contribution >= 4 is 28.4 Å². The monoisotopic (exact) mass is 399 g/mol. The first kappa shape index (κ1) is 15.8. The molecule has 0 atom stereocenters. The van der Waals surface area contributed by atoms with Crippen LogP contribution >= 0.6 is 22.6 Å². The van der Waals surface area contributed by atoms with E-state index in [1.807, 2.05) is 24.4 Å². The van der Waals surface area contributed by atoms with Crippen molar-refractivity contribution in [3.63, 3.8) is 0 Å². The maximum atomic E-state index is 5.32. The smallest absolute Gasteiger partial charge is 0.161 e. The number of ether oxygens (including phenoxy) is 2. The summed E-state index contributed by atoms with van der Waals surface area (Å²) in [5.74, 6) is 2.88. The van der Waals surface area contributed by atoms with Crippen LogP contribution in [0.1, 0.15) is 13.3 Å². The van der Waals surface area contributed by atoms with Gasteiger partial charge in [-0.2, -0.15) is 0 Å². The fourth-order valence-corrected chi connectivity index (χ4v) is 2.30. The minimum absolute atomic E-state index is 0.662. The summed E-state index contributed by atoms with van der Waals surface area (Å²) < 4.78 is 11.6. The van der Waals surface area contributed by atoms with Crippen LogP contribution in [0.2, 0.25) is 0 Å². The first-order chi connectivity index (χ1) is 10.2. The zero-order chi connectivity index (χ0) is 15.2. The van der Waals surface area contributed by atoms with E-state index in [-0.39, 0.29) is 0 Å². The third-order valence-electron chi connectivity index (χ3n) is 2.93. The van der Waals surface area contributed by atoms with Gasteiger partial charge in [0.05, 0.1) is 17.8 Å². The van der Waals surface area contributed by atoms with Crippen LogP contribution in [0.3, 0.4) is 0 Å². The SMILES string of the molecule is CCCNc1nc(-c2ccc(OC)c(OC)c2)ncc1I. The van der Waals surface area contributed by atoms with Crippen LogP contribution in [0.15, 0.2) is 24.4 Å². The molecular formula is C15H18IN3O2. The van der Waals surface area contributed by atoms with Crippen molar-refractivity contribution in [1.82, 2.24) is 9.97 Å². The lowest BCUT2D eigenvalue weighted by Crippen LogP contribution is -2.05. The zero-order valence-electron chi connectivity index (χ0n) is 12.3. The van der Waals surface area contributed by atoms with E-state index in [1.165, 1.54) is 0 Å². The molecule has 5 nitrogen and oxygen atoms in total. The van der Waals surface area contributed by atoms with E-state index in [2.05, 4.69) is 44.8 Å². The lowest BCUT2D eigenvalue weighted by atomic mass is 10.2. The molecule has 0 fully saturated rings. The second-order valence-corrected chi connectivity index (χ2v) is 5.55. The molecule has 112 valence electrons. The van der Waals surface area contributed by atoms with Crippen LogP contribution in [0.5, 0.6) is 11.5 Å². The highest BCUT2D eigenvalue weighted by atomic mass is 127. The Labute approximate surface area is 138 Å². The summed E-state index contributed by atoms with van der Waals surface area (Å²) in [7, 11) is 3.23. The number of hydrogen-bond acceptors (Lipinski definition) is 5. The Morgan fingerprint density at radius 1 is 1.19 bits per heavy atom. The fourth-order valence-electron chi connectivity index (χ4n) is 1.85. The van der Waals surface area contributed by atoms with Gasteiger partial charge in [0.2, 0.25) is 0 Å². The second-order valence-electron chi connectivity index (χ2n) is 4.39. The summed E-state index contributed by atoms with van der Waals surface area (Å²) in [4.78, 5) is 8.98. The van der Waals surface area contributed by atoms with Crippen molar-refractivity contribution in [2.45, 2.75) is 13.3 Å². The highest BCUT2D eigenvalue weighted by Crippen LogP contribution is 2.31. The maximum Gasteiger partial charge on any atom is 0.161 e. The predicted octanol–water partition coefficient (Wildman–Crippen LogP) is 3.59. The summed E-state index contributed by atoms with van der Waals surface area (Å²) in [5, 5.41) is 3.31. The van der Waals surface area contributed by atoms with Crippen LogP contribution in [0.4, 0.5) is 5.82 Å². The molecule has 6 heteroatoms. The number of nitrogens with one attached hydrogen (secondary N) is 1. The summed E-state index contributed by atoms with van der Waals surface area (Å²) in [6.07, 6.45) is 2.86. The molecule has 0 aliphatic carbocycles. The number of hydrogen-bond donors (Lipinski definition) is 1. The van der Waals surface area contributed by atoms with Crippen LogP contribution in [0, 0.1) is 3.57 Å². The average Bonchev–Trinajstić information content (AvgIpc) is 2.53. The minimum atomic E-state index is 0.662. The van der Waals surface area contributed by atoms with Crippen molar-refractivity contribution < 1.29 is 9.47 Å². The molecule has 0 saturated carbocycles. The van der Waals surface area contributed by atoms with Crippen LogP contribution in [-0.4, -0.2) is 30.7 Å². The summed E-state index contributed by atoms with van der Waals surface area (Å²) in [5.41, 5.74) is 0.892. The Hall–Kier alpha value is -1.57. The number of benzene rings is 1. The first-order valence-electron chi connectivity index (χ1n) is 6.68. The molecule has 0 aliphatic heterocycles. The Morgan fingerprint density at radius 3 is 2.62 bits per heavy atom. The molecule has 2 aromatic rings. The molecule has 1 heterocycles. The van der Waals surface area contributed by atoms with E-state index >= 15 is 0 Å². The molecule has 0 unspecified atom stereocenters. The van der Waals surface area contributed by atoms with Crippen molar-refractivity contribution in [1.29, 1.82) is 0 Å². The molecule has 0 radical (unpaired) electrons. The normalized spacial score (nSPS) is 10.3. The Morgan fingerprint density at radius 2 is 1.95 bits per heavy atom. The van der Waals surface area contributed by atoms with Gasteiger partial charge in [0, 0.05) is 18.3 Å². The predicted molar refractivity (Wildman–Crippen MR) is 92.1 cm³/mol. The molecule has 2 rings (SSSR count). The fraction of sp³-hybridized carbons (Fsp3) is 0.333. The molecule has 0 amide bonds. The van der Waals surface area contributed by atoms with Crippen molar-refractivity contribution in [2.24, 2.45) is 0 Å². The molecule has 0 aliphatic rings. The second kappa shape index (κ2) is 7.44. The van der Waals surface area contributed by atoms with Gasteiger partial charge in [0.15, 0.2) is 17.3 Å². The largest absolute Gasteiger partial charge is 0.493 e. The number of rotatable bonds is 6. The highest BCUT2D eigenvalue weighted by Gasteiger charge is 2.10. The van der Waals surface area contributed by atoms with Gasteiger partial charge in [-0.3, -0.25) is 0 Å². The van der Waals surface area contributed by atoms with E-state index in [0.717, 1.165) is 27.9 Å². The van der Waals surface area contributed by atoms with Gasteiger partial charge in [-0.05, 0) is 47.2 Å². The number of aromatic nitrogens is 2. The third kappa shape index (κ3) is 3.75. The van der Waals surface area contributed by atoms with Gasteiger partial charge in [-0.1, -0.05) is 6.92 Å². The van der Waals surface area contributed by atoms with Crippen LogP contribution in [0.25, 0.3) is 11.4 Å². The molecule has 0 spiro atoms. The molecule has 1 N–H and O–H groups in total. The topological polar surface area (TPSA) is 56.3 Å². The molecule has 21 heavy (non-hydrogen) atoms. The Balaban J connectivity index is 2.37. The van der Waals surface area contributed by atoms with Gasteiger partial charge < -0.3 is 14.8 Å². The Kier molecular flexibility index (Phi) is 5.60. The van der Waals surface area contributed by atoms with E-state index < -0.39 is 0 Å². The lowest BCUT2D eigenvalue weighted by Gasteiger charge is -2.11. The standard InChI is InChI=1S/C15H18IN3O2/c1-4-7-17-15-11(16)9-18-14(19-15)10-5-6-12(20-2)13(8-10)21-3/h5-6,8-9H,4,7H2,1-3H3,(H,17,18,19). The number of nitrogens with zero attached hydrogens (tertiary/aromatic N) is 2. The minimum Gasteiger partial charge on any atom is -0.493 e. The maximum absolute atomic E-state index is 5.32. The van der Waals surface area contributed by atoms with Gasteiger partial charge >= 0.3 is 0 Å². The van der Waals surface area contributed by atoms with Crippen molar-refractivity contribution in [3.05, 3.63) is 28.0 Å². The van der Waals surface area contributed by atoms with Crippen molar-refractivity contribution in [3.8, 4) is 22.9 Å². The number of halogens is 1. The van der Waals surface area contributed by atoms with Gasteiger partial charge in [-0.25, -0.2) is 9.97 Å². The lowest BCUT2D eigenvalue weighted by molar-refractivity contribution is 0.355. The summed E-state index contributed by atoms with van der Waals surface area (Å²) >= 11 is 2.23. The molecule has 0 bridgehead atoms. The van der Waals surface area contributed by atoms with Crippen LogP contribution in [-0.2, 0) is 0 Å². The number of methoxy groups -OCH3 is 2. The number of anilines is 1. The van der Waals surface area contributed by atoms with Gasteiger partial charge in [0.25, 0.3) is 0 Å². The third-order valence-corrected chi connectivity index (χ3v) is 3.72. The Bertz CT molecular complexity index is 620. The highest BCUT2D eigenvalue weighted by molar-refractivity contribution is 14.1. The van der Waals surface area contributed by atoms with E-state index in [4.69, 9.17) is 9.47 Å². The van der Waals surface area contributed by atoms with Crippen LogP contribution < -0.4 is 14.8 Å². The van der Waals surface area contributed by atoms with Gasteiger partial charge in [0.1, 0.15) is 5.82 Å². The van der Waals surface area contributed by atoms with Gasteiger partial charge in [-0.15, -0.1) is 0 Å². The zero-order valence-corrected chi connectivity index (χ0v) is 14.5. The van der Waals surface area contributed by atoms with E-state index in [0.29, 0.717) is 17.3 Å². The quantitative estimate of drug-likeness (QED) is 0.753. The first-order valence-corrected chi connectivity index (χ1v) is 7.76. The molecule has 1 aromatic carbocycles. The van der Waals surface area contributed by atoms with Crippen molar-refractivity contribution in [2.75, 3.05) is 26.1 Å². The summed E-state index contributed by atoms with van der Waals surface area (Å²) in [6, 6.07) is 5.66.